The van der Waals surface area contributed by atoms with Crippen molar-refractivity contribution in [3.8, 4) is 11.7 Å². The number of hydrogen-bond donors (Lipinski definition) is 1. The first kappa shape index (κ1) is 21.9. The largest absolute Gasteiger partial charge is 0.486 e. The molecule has 0 saturated carbocycles. The molecule has 176 valence electrons. The van der Waals surface area contributed by atoms with Crippen LogP contribution in [0.4, 0.5) is 11.8 Å². The highest BCUT2D eigenvalue weighted by atomic mass is 32.2. The van der Waals surface area contributed by atoms with Crippen molar-refractivity contribution in [1.82, 2.24) is 19.5 Å². The summed E-state index contributed by atoms with van der Waals surface area (Å²) in [6.07, 6.45) is 1.22. The molecule has 33 heavy (non-hydrogen) atoms. The number of imidazole rings is 1. The van der Waals surface area contributed by atoms with Gasteiger partial charge in [-0.25, -0.2) is 23.0 Å². The lowest BCUT2D eigenvalue weighted by Gasteiger charge is -2.41. The van der Waals surface area contributed by atoms with Gasteiger partial charge in [-0.1, -0.05) is 12.1 Å². The van der Waals surface area contributed by atoms with Crippen molar-refractivity contribution in [2.24, 2.45) is 0 Å². The Hall–Kier alpha value is -2.92. The molecule has 0 radical (unpaired) electrons. The van der Waals surface area contributed by atoms with Gasteiger partial charge in [0, 0.05) is 19.3 Å². The number of morpholine rings is 1. The van der Waals surface area contributed by atoms with Crippen molar-refractivity contribution in [3.63, 3.8) is 0 Å². The number of rotatable bonds is 5. The van der Waals surface area contributed by atoms with E-state index in [9.17, 15) is 8.42 Å². The molecule has 5 rings (SSSR count). The van der Waals surface area contributed by atoms with Gasteiger partial charge in [-0.3, -0.25) is 0 Å². The minimum absolute atomic E-state index is 0.0102. The maximum atomic E-state index is 12.8. The minimum Gasteiger partial charge on any atom is -0.486 e. The monoisotopic (exact) mass is 472 g/mol. The molecule has 0 spiro atoms. The van der Waals surface area contributed by atoms with Gasteiger partial charge in [-0.2, -0.15) is 4.98 Å². The van der Waals surface area contributed by atoms with Gasteiger partial charge < -0.3 is 19.7 Å². The van der Waals surface area contributed by atoms with Crippen LogP contribution in [0.15, 0.2) is 24.3 Å². The first-order valence-electron chi connectivity index (χ1n) is 11.0. The van der Waals surface area contributed by atoms with Gasteiger partial charge in [0.15, 0.2) is 21.4 Å². The number of benzene rings is 1. The van der Waals surface area contributed by atoms with Gasteiger partial charge >= 0.3 is 0 Å². The van der Waals surface area contributed by atoms with Crippen LogP contribution >= 0.6 is 0 Å². The van der Waals surface area contributed by atoms with E-state index >= 15 is 0 Å². The standard InChI is InChI=1S/C22H28N6O4S/c1-5-23-20-24-15-8-6-7-9-16(15)28(20)21-25-18(22(2,3)33(4,29)30)17-19(26-21)27-10-11-31-12-14(27)13-32-17/h6-9,14H,5,10-13H2,1-4H3,(H,23,24)/t14-/m0/s1. The third kappa shape index (κ3) is 3.50. The van der Waals surface area contributed by atoms with E-state index in [4.69, 9.17) is 24.4 Å². The van der Waals surface area contributed by atoms with Gasteiger partial charge in [0.2, 0.25) is 11.9 Å². The summed E-state index contributed by atoms with van der Waals surface area (Å²) in [5, 5.41) is 3.28. The zero-order valence-corrected chi connectivity index (χ0v) is 20.0. The highest BCUT2D eigenvalue weighted by Crippen LogP contribution is 2.43. The first-order chi connectivity index (χ1) is 15.7. The maximum absolute atomic E-state index is 12.8. The Morgan fingerprint density at radius 1 is 1.18 bits per heavy atom. The van der Waals surface area contributed by atoms with E-state index in [0.717, 1.165) is 11.0 Å². The van der Waals surface area contributed by atoms with Gasteiger partial charge in [-0.05, 0) is 32.9 Å². The molecule has 3 aromatic rings. The van der Waals surface area contributed by atoms with Crippen LogP contribution in [0, 0.1) is 0 Å². The topological polar surface area (TPSA) is 111 Å². The van der Waals surface area contributed by atoms with Crippen LogP contribution in [0.2, 0.25) is 0 Å². The number of anilines is 2. The molecule has 1 saturated heterocycles. The average Bonchev–Trinajstić information content (AvgIpc) is 3.15. The first-order valence-corrected chi connectivity index (χ1v) is 12.9. The molecule has 1 aromatic carbocycles. The highest BCUT2D eigenvalue weighted by molar-refractivity contribution is 7.91. The van der Waals surface area contributed by atoms with Crippen molar-refractivity contribution < 1.29 is 17.9 Å². The van der Waals surface area contributed by atoms with Gasteiger partial charge in [-0.15, -0.1) is 0 Å². The third-order valence-corrected chi connectivity index (χ3v) is 8.40. The lowest BCUT2D eigenvalue weighted by Crippen LogP contribution is -2.52. The molecular formula is C22H28N6O4S. The number of fused-ring (bicyclic) bond motifs is 4. The average molecular weight is 473 g/mol. The minimum atomic E-state index is -3.52. The summed E-state index contributed by atoms with van der Waals surface area (Å²) >= 11 is 0. The summed E-state index contributed by atoms with van der Waals surface area (Å²) in [5.41, 5.74) is 1.96. The number of hydrogen-bond acceptors (Lipinski definition) is 9. The van der Waals surface area contributed by atoms with Crippen molar-refractivity contribution in [2.75, 3.05) is 49.4 Å². The number of nitrogens with one attached hydrogen (secondary N) is 1. The van der Waals surface area contributed by atoms with Crippen LogP contribution in [0.25, 0.3) is 17.0 Å². The predicted octanol–water partition coefficient (Wildman–Crippen LogP) is 2.12. The van der Waals surface area contributed by atoms with Crippen LogP contribution in [0.5, 0.6) is 5.75 Å². The summed E-state index contributed by atoms with van der Waals surface area (Å²) in [7, 11) is -3.52. The summed E-state index contributed by atoms with van der Waals surface area (Å²) in [5.74, 6) is 1.95. The van der Waals surface area contributed by atoms with Crippen LogP contribution in [0.3, 0.4) is 0 Å². The molecule has 1 N–H and O–H groups in total. The second-order valence-corrected chi connectivity index (χ2v) is 11.4. The fourth-order valence-corrected chi connectivity index (χ4v) is 4.68. The second kappa shape index (κ2) is 7.84. The molecule has 0 unspecified atom stereocenters. The Kier molecular flexibility index (Phi) is 5.20. The maximum Gasteiger partial charge on any atom is 0.239 e. The summed E-state index contributed by atoms with van der Waals surface area (Å²) in [4.78, 5) is 16.6. The molecule has 2 aliphatic heterocycles. The molecule has 0 amide bonds. The van der Waals surface area contributed by atoms with E-state index in [2.05, 4.69) is 10.2 Å². The zero-order chi connectivity index (χ0) is 23.4. The predicted molar refractivity (Wildman–Crippen MR) is 126 cm³/mol. The van der Waals surface area contributed by atoms with Crippen LogP contribution in [0.1, 0.15) is 26.5 Å². The Labute approximate surface area is 192 Å². The molecule has 2 aromatic heterocycles. The molecule has 1 atom stereocenters. The molecule has 1 fully saturated rings. The van der Waals surface area contributed by atoms with Crippen molar-refractivity contribution in [1.29, 1.82) is 0 Å². The Morgan fingerprint density at radius 2 is 1.97 bits per heavy atom. The number of ether oxygens (including phenoxy) is 2. The van der Waals surface area contributed by atoms with E-state index in [1.807, 2.05) is 35.8 Å². The smallest absolute Gasteiger partial charge is 0.239 e. The van der Waals surface area contributed by atoms with E-state index in [1.54, 1.807) is 13.8 Å². The molecule has 0 bridgehead atoms. The SMILES string of the molecule is CCNc1nc2ccccc2n1-c1nc2c(c(C(C)(C)S(C)(=O)=O)n1)OC[C@@H]1COCCN21. The zero-order valence-electron chi connectivity index (χ0n) is 19.2. The normalized spacial score (nSPS) is 18.5. The molecule has 2 aliphatic rings. The van der Waals surface area contributed by atoms with E-state index < -0.39 is 14.6 Å². The number of aromatic nitrogens is 4. The van der Waals surface area contributed by atoms with Gasteiger partial charge in [0.25, 0.3) is 0 Å². The third-order valence-electron chi connectivity index (χ3n) is 6.35. The molecule has 11 heteroatoms. The second-order valence-electron chi connectivity index (χ2n) is 8.83. The number of nitrogens with zero attached hydrogens (tertiary/aromatic N) is 5. The Morgan fingerprint density at radius 3 is 2.73 bits per heavy atom. The Bertz CT molecular complexity index is 1320. The van der Waals surface area contributed by atoms with E-state index in [-0.39, 0.29) is 6.04 Å². The molecule has 10 nitrogen and oxygen atoms in total. The van der Waals surface area contributed by atoms with Crippen LogP contribution in [-0.2, 0) is 19.3 Å². The number of sulfone groups is 1. The lowest BCUT2D eigenvalue weighted by molar-refractivity contribution is 0.0691. The van der Waals surface area contributed by atoms with E-state index in [0.29, 0.717) is 62.1 Å². The van der Waals surface area contributed by atoms with Crippen molar-refractivity contribution in [3.05, 3.63) is 30.0 Å². The highest BCUT2D eigenvalue weighted by Gasteiger charge is 2.42. The molecule has 0 aliphatic carbocycles. The summed E-state index contributed by atoms with van der Waals surface area (Å²) in [6.45, 7) is 8.07. The Balaban J connectivity index is 1.81. The fourth-order valence-electron chi connectivity index (χ4n) is 4.19. The van der Waals surface area contributed by atoms with Crippen molar-refractivity contribution in [2.45, 2.75) is 31.6 Å². The fraction of sp³-hybridized carbons (Fsp3) is 0.500. The van der Waals surface area contributed by atoms with Crippen LogP contribution < -0.4 is 15.0 Å². The number of para-hydroxylation sites is 2. The molecule has 4 heterocycles. The van der Waals surface area contributed by atoms with Crippen molar-refractivity contribution >= 4 is 32.6 Å². The quantitative estimate of drug-likeness (QED) is 0.597. The van der Waals surface area contributed by atoms with Gasteiger partial charge in [0.05, 0.1) is 30.3 Å². The van der Waals surface area contributed by atoms with E-state index in [1.165, 1.54) is 6.26 Å². The summed E-state index contributed by atoms with van der Waals surface area (Å²) < 4.78 is 37.9. The summed E-state index contributed by atoms with van der Waals surface area (Å²) in [6, 6.07) is 7.73. The van der Waals surface area contributed by atoms with Gasteiger partial charge in [0.1, 0.15) is 17.0 Å². The van der Waals surface area contributed by atoms with Crippen LogP contribution in [-0.4, -0.2) is 73.1 Å². The lowest BCUT2D eigenvalue weighted by atomic mass is 10.1. The molecular weight excluding hydrogens is 444 g/mol.